The molecule has 150 valence electrons. The molecule has 28 heavy (non-hydrogen) atoms. The van der Waals surface area contributed by atoms with Gasteiger partial charge in [-0.25, -0.2) is 9.98 Å². The number of benzene rings is 1. The van der Waals surface area contributed by atoms with Gasteiger partial charge in [-0.15, -0.1) is 0 Å². The fourth-order valence-corrected chi connectivity index (χ4v) is 3.30. The largest absolute Gasteiger partial charge is 0.357 e. The van der Waals surface area contributed by atoms with Gasteiger partial charge in [0.2, 0.25) is 0 Å². The Hall–Kier alpha value is -2.31. The zero-order valence-electron chi connectivity index (χ0n) is 16.7. The van der Waals surface area contributed by atoms with E-state index < -0.39 is 0 Å². The molecule has 0 saturated carbocycles. The van der Waals surface area contributed by atoms with Crippen molar-refractivity contribution in [3.05, 3.63) is 58.7 Å². The number of hydrogen-bond acceptors (Lipinski definition) is 4. The van der Waals surface area contributed by atoms with E-state index in [0.717, 1.165) is 60.7 Å². The molecule has 3 rings (SSSR count). The van der Waals surface area contributed by atoms with Crippen LogP contribution in [0.15, 0.2) is 47.6 Å². The molecule has 2 heterocycles. The van der Waals surface area contributed by atoms with Crippen LogP contribution in [0.4, 0.5) is 5.82 Å². The number of nitrogens with zero attached hydrogens (tertiary/aromatic N) is 4. The SMILES string of the molecule is CCNC(=NCc1ccnc(N2CCN(C)CC2)c1)NCc1ccccc1Cl. The van der Waals surface area contributed by atoms with E-state index >= 15 is 0 Å². The number of halogens is 1. The molecule has 0 amide bonds. The van der Waals surface area contributed by atoms with Gasteiger partial charge in [0.25, 0.3) is 0 Å². The standard InChI is InChI=1S/C21H29ClN6/c1-3-23-21(26-16-18-6-4-5-7-19(18)22)25-15-17-8-9-24-20(14-17)28-12-10-27(2)11-13-28/h4-9,14H,3,10-13,15-16H2,1-2H3,(H2,23,25,26). The van der Waals surface area contributed by atoms with Crippen molar-refractivity contribution in [3.63, 3.8) is 0 Å². The Balaban J connectivity index is 1.62. The van der Waals surface area contributed by atoms with Crippen molar-refractivity contribution in [1.29, 1.82) is 0 Å². The Morgan fingerprint density at radius 2 is 1.93 bits per heavy atom. The van der Waals surface area contributed by atoms with E-state index in [9.17, 15) is 0 Å². The molecule has 7 heteroatoms. The van der Waals surface area contributed by atoms with E-state index in [4.69, 9.17) is 16.6 Å². The number of rotatable bonds is 6. The molecule has 1 aliphatic rings. The van der Waals surface area contributed by atoms with Crippen LogP contribution in [-0.2, 0) is 13.1 Å². The number of anilines is 1. The average molecular weight is 401 g/mol. The van der Waals surface area contributed by atoms with Crippen LogP contribution in [0.5, 0.6) is 0 Å². The summed E-state index contributed by atoms with van der Waals surface area (Å²) in [5.74, 6) is 1.82. The number of guanidine groups is 1. The van der Waals surface area contributed by atoms with E-state index in [-0.39, 0.29) is 0 Å². The monoisotopic (exact) mass is 400 g/mol. The fraction of sp³-hybridized carbons (Fsp3) is 0.429. The second-order valence-electron chi connectivity index (χ2n) is 6.95. The number of aliphatic imine (C=N–C) groups is 1. The zero-order valence-corrected chi connectivity index (χ0v) is 17.4. The molecular formula is C21H29ClN6. The fourth-order valence-electron chi connectivity index (χ4n) is 3.10. The summed E-state index contributed by atoms with van der Waals surface area (Å²) in [6.07, 6.45) is 1.88. The molecule has 0 atom stereocenters. The van der Waals surface area contributed by atoms with Crippen LogP contribution in [0.2, 0.25) is 5.02 Å². The third-order valence-corrected chi connectivity index (χ3v) is 5.17. The Labute approximate surface area is 172 Å². The van der Waals surface area contributed by atoms with E-state index in [1.807, 2.05) is 36.5 Å². The first kappa shape index (κ1) is 20.4. The van der Waals surface area contributed by atoms with Gasteiger partial charge in [0, 0.05) is 50.5 Å². The molecule has 1 aliphatic heterocycles. The first-order valence-corrected chi connectivity index (χ1v) is 10.2. The molecule has 0 radical (unpaired) electrons. The van der Waals surface area contributed by atoms with Crippen molar-refractivity contribution >= 4 is 23.4 Å². The zero-order chi connectivity index (χ0) is 19.8. The summed E-state index contributed by atoms with van der Waals surface area (Å²) in [7, 11) is 2.16. The van der Waals surface area contributed by atoms with Crippen LogP contribution in [0, 0.1) is 0 Å². The van der Waals surface area contributed by atoms with Crippen LogP contribution in [0.3, 0.4) is 0 Å². The Morgan fingerprint density at radius 1 is 1.14 bits per heavy atom. The van der Waals surface area contributed by atoms with E-state index in [1.54, 1.807) is 0 Å². The molecule has 0 unspecified atom stereocenters. The maximum Gasteiger partial charge on any atom is 0.191 e. The molecule has 1 aromatic heterocycles. The highest BCUT2D eigenvalue weighted by Gasteiger charge is 2.15. The summed E-state index contributed by atoms with van der Waals surface area (Å²) in [6, 6.07) is 12.0. The number of likely N-dealkylation sites (N-methyl/N-ethyl adjacent to an activating group) is 1. The highest BCUT2D eigenvalue weighted by atomic mass is 35.5. The van der Waals surface area contributed by atoms with E-state index in [2.05, 4.69) is 45.5 Å². The smallest absolute Gasteiger partial charge is 0.191 e. The van der Waals surface area contributed by atoms with Crippen molar-refractivity contribution in [2.75, 3.05) is 44.7 Å². The van der Waals surface area contributed by atoms with Gasteiger partial charge >= 0.3 is 0 Å². The van der Waals surface area contributed by atoms with Crippen LogP contribution >= 0.6 is 11.6 Å². The number of nitrogens with one attached hydrogen (secondary N) is 2. The predicted molar refractivity (Wildman–Crippen MR) is 117 cm³/mol. The number of aromatic nitrogens is 1. The molecule has 1 fully saturated rings. The lowest BCUT2D eigenvalue weighted by molar-refractivity contribution is 0.312. The molecule has 1 aromatic carbocycles. The Morgan fingerprint density at radius 3 is 2.68 bits per heavy atom. The van der Waals surface area contributed by atoms with E-state index in [1.165, 1.54) is 0 Å². The average Bonchev–Trinajstić information content (AvgIpc) is 2.72. The van der Waals surface area contributed by atoms with Crippen molar-refractivity contribution in [2.24, 2.45) is 4.99 Å². The van der Waals surface area contributed by atoms with Crippen molar-refractivity contribution < 1.29 is 0 Å². The van der Waals surface area contributed by atoms with Crippen molar-refractivity contribution in [1.82, 2.24) is 20.5 Å². The second kappa shape index (κ2) is 10.3. The van der Waals surface area contributed by atoms with Gasteiger partial charge in [-0.2, -0.15) is 0 Å². The third kappa shape index (κ3) is 5.84. The summed E-state index contributed by atoms with van der Waals surface area (Å²) in [6.45, 7) is 8.26. The van der Waals surface area contributed by atoms with Gasteiger partial charge in [-0.1, -0.05) is 29.8 Å². The molecule has 0 aliphatic carbocycles. The highest BCUT2D eigenvalue weighted by molar-refractivity contribution is 6.31. The second-order valence-corrected chi connectivity index (χ2v) is 7.36. The maximum absolute atomic E-state index is 6.24. The topological polar surface area (TPSA) is 55.8 Å². The van der Waals surface area contributed by atoms with Crippen LogP contribution in [0.25, 0.3) is 0 Å². The highest BCUT2D eigenvalue weighted by Crippen LogP contribution is 2.16. The first-order chi connectivity index (χ1) is 13.7. The molecule has 0 bridgehead atoms. The summed E-state index contributed by atoms with van der Waals surface area (Å²) >= 11 is 6.24. The van der Waals surface area contributed by atoms with Crippen LogP contribution < -0.4 is 15.5 Å². The third-order valence-electron chi connectivity index (χ3n) is 4.81. The summed E-state index contributed by atoms with van der Waals surface area (Å²) in [5.41, 5.74) is 2.20. The molecule has 1 saturated heterocycles. The van der Waals surface area contributed by atoms with Crippen molar-refractivity contribution in [2.45, 2.75) is 20.0 Å². The Kier molecular flexibility index (Phi) is 7.51. The van der Waals surface area contributed by atoms with Gasteiger partial charge in [0.05, 0.1) is 6.54 Å². The normalized spacial score (nSPS) is 15.5. The van der Waals surface area contributed by atoms with Crippen LogP contribution in [0.1, 0.15) is 18.1 Å². The van der Waals surface area contributed by atoms with Gasteiger partial charge in [-0.05, 0) is 43.3 Å². The minimum atomic E-state index is 0.598. The Bertz CT molecular complexity index is 786. The van der Waals surface area contributed by atoms with Gasteiger partial charge in [-0.3, -0.25) is 0 Å². The molecule has 2 N–H and O–H groups in total. The minimum Gasteiger partial charge on any atom is -0.357 e. The molecular weight excluding hydrogens is 372 g/mol. The quantitative estimate of drug-likeness (QED) is 0.576. The number of piperazine rings is 1. The van der Waals surface area contributed by atoms with Crippen LogP contribution in [-0.4, -0.2) is 55.6 Å². The molecule has 2 aromatic rings. The maximum atomic E-state index is 6.24. The van der Waals surface area contributed by atoms with Gasteiger partial charge in [0.15, 0.2) is 5.96 Å². The predicted octanol–water partition coefficient (Wildman–Crippen LogP) is 2.74. The number of pyridine rings is 1. The minimum absolute atomic E-state index is 0.598. The van der Waals surface area contributed by atoms with Crippen molar-refractivity contribution in [3.8, 4) is 0 Å². The van der Waals surface area contributed by atoms with Gasteiger partial charge < -0.3 is 20.4 Å². The van der Waals surface area contributed by atoms with E-state index in [0.29, 0.717) is 13.1 Å². The summed E-state index contributed by atoms with van der Waals surface area (Å²) in [4.78, 5) is 14.0. The molecule has 0 spiro atoms. The summed E-state index contributed by atoms with van der Waals surface area (Å²) < 4.78 is 0. The lowest BCUT2D eigenvalue weighted by Gasteiger charge is -2.33. The number of hydrogen-bond donors (Lipinski definition) is 2. The first-order valence-electron chi connectivity index (χ1n) is 9.79. The molecule has 6 nitrogen and oxygen atoms in total. The summed E-state index contributed by atoms with van der Waals surface area (Å²) in [5, 5.41) is 7.40. The lowest BCUT2D eigenvalue weighted by atomic mass is 10.2. The lowest BCUT2D eigenvalue weighted by Crippen LogP contribution is -2.44. The van der Waals surface area contributed by atoms with Gasteiger partial charge in [0.1, 0.15) is 5.82 Å².